The van der Waals surface area contributed by atoms with Gasteiger partial charge in [0, 0.05) is 13.0 Å². The van der Waals surface area contributed by atoms with E-state index in [2.05, 4.69) is 31.2 Å². The third kappa shape index (κ3) is 3.03. The number of carbonyl (C=O) groups is 1. The molecule has 0 aliphatic carbocycles. The average Bonchev–Trinajstić information content (AvgIpc) is 2.98. The summed E-state index contributed by atoms with van der Waals surface area (Å²) in [5.41, 5.74) is 9.18. The van der Waals surface area contributed by atoms with Gasteiger partial charge in [0.2, 0.25) is 0 Å². The van der Waals surface area contributed by atoms with Gasteiger partial charge < -0.3 is 16.0 Å². The molecule has 0 spiro atoms. The van der Waals surface area contributed by atoms with Gasteiger partial charge in [0.05, 0.1) is 17.2 Å². The van der Waals surface area contributed by atoms with Crippen LogP contribution in [0.25, 0.3) is 22.6 Å². The number of nitrogens with one attached hydrogen (secondary N) is 2. The Bertz CT molecular complexity index is 953. The van der Waals surface area contributed by atoms with E-state index in [-0.39, 0.29) is 17.4 Å². The van der Waals surface area contributed by atoms with Gasteiger partial charge in [0.1, 0.15) is 11.4 Å². The summed E-state index contributed by atoms with van der Waals surface area (Å²) in [6.45, 7) is 2.37. The van der Waals surface area contributed by atoms with E-state index in [1.165, 1.54) is 6.20 Å². The molecule has 2 heterocycles. The number of aromatic nitrogens is 4. The van der Waals surface area contributed by atoms with E-state index in [1.54, 1.807) is 0 Å². The number of fused-ring (bicyclic) bond motifs is 1. The number of amides is 1. The predicted molar refractivity (Wildman–Crippen MR) is 92.1 cm³/mol. The predicted octanol–water partition coefficient (Wildman–Crippen LogP) is 1.66. The minimum atomic E-state index is -0.356. The highest BCUT2D eigenvalue weighted by atomic mass is 16.1. The van der Waals surface area contributed by atoms with Crippen molar-refractivity contribution in [3.8, 4) is 23.9 Å². The number of nitrogen functional groups attached to an aromatic ring is 1. The van der Waals surface area contributed by atoms with E-state index in [9.17, 15) is 4.79 Å². The second-order valence-corrected chi connectivity index (χ2v) is 5.31. The Hall–Kier alpha value is -3.40. The maximum atomic E-state index is 12.1. The van der Waals surface area contributed by atoms with Crippen LogP contribution in [-0.4, -0.2) is 32.4 Å². The minimum Gasteiger partial charge on any atom is -0.382 e. The molecule has 0 unspecified atom stereocenters. The average molecular weight is 320 g/mol. The number of benzene rings is 1. The van der Waals surface area contributed by atoms with E-state index in [4.69, 9.17) is 12.2 Å². The summed E-state index contributed by atoms with van der Waals surface area (Å²) in [6.07, 6.45) is 6.94. The highest BCUT2D eigenvalue weighted by Crippen LogP contribution is 2.23. The lowest BCUT2D eigenvalue weighted by Crippen LogP contribution is -2.25. The number of rotatable bonds is 4. The number of hydrogen-bond donors (Lipinski definition) is 3. The van der Waals surface area contributed by atoms with Crippen molar-refractivity contribution in [2.24, 2.45) is 0 Å². The van der Waals surface area contributed by atoms with E-state index in [0.717, 1.165) is 16.6 Å². The number of aryl methyl sites for hydroxylation is 1. The quantitative estimate of drug-likeness (QED) is 0.500. The highest BCUT2D eigenvalue weighted by molar-refractivity contribution is 5.93. The maximum absolute atomic E-state index is 12.1. The van der Waals surface area contributed by atoms with Gasteiger partial charge in [-0.2, -0.15) is 0 Å². The van der Waals surface area contributed by atoms with Crippen LogP contribution in [0, 0.1) is 19.3 Å². The van der Waals surface area contributed by atoms with Crippen LogP contribution in [0.2, 0.25) is 0 Å². The first-order chi connectivity index (χ1) is 11.6. The van der Waals surface area contributed by atoms with E-state index < -0.39 is 0 Å². The Balaban J connectivity index is 1.96. The smallest absolute Gasteiger partial charge is 0.271 e. The normalized spacial score (nSPS) is 10.5. The molecule has 3 rings (SSSR count). The highest BCUT2D eigenvalue weighted by Gasteiger charge is 2.15. The number of anilines is 1. The molecule has 2 aromatic heterocycles. The first kappa shape index (κ1) is 15.5. The maximum Gasteiger partial charge on any atom is 0.271 e. The fourth-order valence-electron chi connectivity index (χ4n) is 2.26. The molecule has 0 saturated heterocycles. The second kappa shape index (κ2) is 6.38. The van der Waals surface area contributed by atoms with Crippen molar-refractivity contribution in [2.75, 3.05) is 12.3 Å². The molecule has 0 bridgehead atoms. The molecule has 24 heavy (non-hydrogen) atoms. The number of H-pyrrole nitrogens is 1. The number of carbonyl (C=O) groups excluding carboxylic acids is 1. The summed E-state index contributed by atoms with van der Waals surface area (Å²) in [5.74, 6) is 2.77. The number of hydrogen-bond acceptors (Lipinski definition) is 5. The van der Waals surface area contributed by atoms with Gasteiger partial charge in [0.25, 0.3) is 5.91 Å². The number of nitrogens with zero attached hydrogens (tertiary/aromatic N) is 3. The van der Waals surface area contributed by atoms with Gasteiger partial charge >= 0.3 is 0 Å². The van der Waals surface area contributed by atoms with Gasteiger partial charge in [-0.1, -0.05) is 6.07 Å². The summed E-state index contributed by atoms with van der Waals surface area (Å²) in [6, 6.07) is 5.85. The fourth-order valence-corrected chi connectivity index (χ4v) is 2.26. The Labute approximate surface area is 138 Å². The first-order valence-electron chi connectivity index (χ1n) is 7.39. The van der Waals surface area contributed by atoms with Gasteiger partial charge in [0.15, 0.2) is 11.6 Å². The lowest BCUT2D eigenvalue weighted by Gasteiger charge is -2.05. The Morgan fingerprint density at radius 2 is 2.25 bits per heavy atom. The van der Waals surface area contributed by atoms with Crippen molar-refractivity contribution >= 4 is 22.8 Å². The monoisotopic (exact) mass is 320 g/mol. The van der Waals surface area contributed by atoms with Gasteiger partial charge in [-0.25, -0.2) is 15.0 Å². The molecule has 0 saturated carbocycles. The van der Waals surface area contributed by atoms with Crippen molar-refractivity contribution in [1.29, 1.82) is 0 Å². The number of aromatic amines is 1. The largest absolute Gasteiger partial charge is 0.382 e. The summed E-state index contributed by atoms with van der Waals surface area (Å²) < 4.78 is 0. The molecule has 1 amide bonds. The van der Waals surface area contributed by atoms with Crippen molar-refractivity contribution in [1.82, 2.24) is 25.3 Å². The molecule has 4 N–H and O–H groups in total. The Morgan fingerprint density at radius 1 is 1.42 bits per heavy atom. The zero-order valence-corrected chi connectivity index (χ0v) is 13.1. The molecule has 3 aromatic rings. The van der Waals surface area contributed by atoms with Gasteiger partial charge in [-0.3, -0.25) is 4.79 Å². The SMILES string of the molecule is C#CCCNC(=O)c1cnc(N)c(-c2nc3ccc(C)cc3[nH]2)n1. The molecular weight excluding hydrogens is 304 g/mol. The van der Waals surface area contributed by atoms with Crippen molar-refractivity contribution < 1.29 is 4.79 Å². The van der Waals surface area contributed by atoms with Crippen LogP contribution in [0.15, 0.2) is 24.4 Å². The molecule has 120 valence electrons. The van der Waals surface area contributed by atoms with Gasteiger partial charge in [-0.05, 0) is 24.6 Å². The third-order valence-electron chi connectivity index (χ3n) is 3.45. The first-order valence-corrected chi connectivity index (χ1v) is 7.39. The zero-order valence-electron chi connectivity index (χ0n) is 13.1. The molecule has 1 aromatic carbocycles. The Morgan fingerprint density at radius 3 is 3.04 bits per heavy atom. The molecule has 0 atom stereocenters. The molecule has 7 nitrogen and oxygen atoms in total. The topological polar surface area (TPSA) is 110 Å². The standard InChI is InChI=1S/C17H16N6O/c1-3-4-7-19-17(24)13-9-20-15(18)14(21-13)16-22-11-6-5-10(2)8-12(11)23-16/h1,5-6,8-9H,4,7H2,2H3,(H2,18,20)(H,19,24)(H,22,23). The van der Waals surface area contributed by atoms with Crippen LogP contribution in [-0.2, 0) is 0 Å². The fraction of sp³-hybridized carbons (Fsp3) is 0.176. The summed E-state index contributed by atoms with van der Waals surface area (Å²) in [5, 5.41) is 2.68. The van der Waals surface area contributed by atoms with Crippen LogP contribution < -0.4 is 11.1 Å². The minimum absolute atomic E-state index is 0.160. The molecule has 0 aliphatic heterocycles. The Kier molecular flexibility index (Phi) is 4.12. The lowest BCUT2D eigenvalue weighted by molar-refractivity contribution is 0.0949. The third-order valence-corrected chi connectivity index (χ3v) is 3.45. The summed E-state index contributed by atoms with van der Waals surface area (Å²) >= 11 is 0. The molecule has 0 fully saturated rings. The number of imidazole rings is 1. The molecular formula is C17H16N6O. The van der Waals surface area contributed by atoms with Crippen molar-refractivity contribution in [3.05, 3.63) is 35.7 Å². The van der Waals surface area contributed by atoms with Crippen LogP contribution in [0.3, 0.4) is 0 Å². The lowest BCUT2D eigenvalue weighted by atomic mass is 10.2. The molecule has 7 heteroatoms. The molecule has 0 aliphatic rings. The van der Waals surface area contributed by atoms with Crippen LogP contribution in [0.1, 0.15) is 22.5 Å². The zero-order chi connectivity index (χ0) is 17.1. The van der Waals surface area contributed by atoms with Crippen LogP contribution in [0.5, 0.6) is 0 Å². The van der Waals surface area contributed by atoms with Crippen LogP contribution >= 0.6 is 0 Å². The van der Waals surface area contributed by atoms with Crippen molar-refractivity contribution in [3.63, 3.8) is 0 Å². The van der Waals surface area contributed by atoms with Crippen LogP contribution in [0.4, 0.5) is 5.82 Å². The van der Waals surface area contributed by atoms with E-state index in [1.807, 2.05) is 25.1 Å². The van der Waals surface area contributed by atoms with E-state index in [0.29, 0.717) is 24.5 Å². The second-order valence-electron chi connectivity index (χ2n) is 5.31. The number of terminal acetylenes is 1. The summed E-state index contributed by atoms with van der Waals surface area (Å²) in [7, 11) is 0. The van der Waals surface area contributed by atoms with Gasteiger partial charge in [-0.15, -0.1) is 12.3 Å². The summed E-state index contributed by atoms with van der Waals surface area (Å²) in [4.78, 5) is 28.0. The number of nitrogens with two attached hydrogens (primary N) is 1. The van der Waals surface area contributed by atoms with Crippen molar-refractivity contribution in [2.45, 2.75) is 13.3 Å². The molecule has 0 radical (unpaired) electrons. The van der Waals surface area contributed by atoms with E-state index >= 15 is 0 Å².